The number of anilines is 1. The number of hydrogen-bond donors (Lipinski definition) is 2. The van der Waals surface area contributed by atoms with E-state index in [0.29, 0.717) is 21.6 Å². The zero-order chi connectivity index (χ0) is 19.9. The number of methoxy groups -OCH3 is 1. The molecule has 144 valence electrons. The summed E-state index contributed by atoms with van der Waals surface area (Å²) in [5.41, 5.74) is 1.38. The van der Waals surface area contributed by atoms with Gasteiger partial charge >= 0.3 is 0 Å². The molecule has 9 heteroatoms. The number of amidine groups is 1. The van der Waals surface area contributed by atoms with Gasteiger partial charge < -0.3 is 15.4 Å². The summed E-state index contributed by atoms with van der Waals surface area (Å²) < 4.78 is 5.23. The summed E-state index contributed by atoms with van der Waals surface area (Å²) in [6, 6.07) is 14.1. The molecule has 1 atom stereocenters. The Morgan fingerprint density at radius 2 is 2.04 bits per heavy atom. The molecule has 7 nitrogen and oxygen atoms in total. The number of benzene rings is 2. The third-order valence-corrected chi connectivity index (χ3v) is 5.08. The summed E-state index contributed by atoms with van der Waals surface area (Å²) in [4.78, 5) is 24.2. The predicted molar refractivity (Wildman–Crippen MR) is 112 cm³/mol. The minimum absolute atomic E-state index is 0.0222. The van der Waals surface area contributed by atoms with E-state index in [0.717, 1.165) is 5.56 Å². The Hall–Kier alpha value is -2.84. The smallest absolute Gasteiger partial charge is 0.240 e. The van der Waals surface area contributed by atoms with Gasteiger partial charge in [0.1, 0.15) is 11.0 Å². The number of thioether (sulfide) groups is 1. The lowest BCUT2D eigenvalue weighted by molar-refractivity contribution is -0.122. The van der Waals surface area contributed by atoms with Crippen molar-refractivity contribution in [1.82, 2.24) is 5.32 Å². The number of halogens is 1. The number of rotatable bonds is 6. The lowest BCUT2D eigenvalue weighted by atomic mass is 10.2. The first kappa shape index (κ1) is 19.9. The van der Waals surface area contributed by atoms with E-state index in [9.17, 15) is 9.59 Å². The van der Waals surface area contributed by atoms with Crippen molar-refractivity contribution in [2.45, 2.75) is 11.7 Å². The Labute approximate surface area is 171 Å². The Morgan fingerprint density at radius 1 is 1.29 bits per heavy atom. The van der Waals surface area contributed by atoms with Gasteiger partial charge in [-0.2, -0.15) is 5.10 Å². The van der Waals surface area contributed by atoms with Crippen LogP contribution in [0.15, 0.2) is 58.7 Å². The first-order valence-electron chi connectivity index (χ1n) is 8.32. The molecule has 2 aromatic carbocycles. The van der Waals surface area contributed by atoms with Crippen LogP contribution in [0.1, 0.15) is 12.0 Å². The summed E-state index contributed by atoms with van der Waals surface area (Å²) in [6.45, 7) is 0. The topological polar surface area (TPSA) is 92.2 Å². The average molecular weight is 417 g/mol. The van der Waals surface area contributed by atoms with E-state index in [4.69, 9.17) is 16.3 Å². The molecule has 0 aromatic heterocycles. The van der Waals surface area contributed by atoms with Gasteiger partial charge in [-0.05, 0) is 36.4 Å². The van der Waals surface area contributed by atoms with Crippen LogP contribution in [0.5, 0.6) is 5.75 Å². The van der Waals surface area contributed by atoms with Crippen LogP contribution in [0, 0.1) is 0 Å². The second-order valence-electron chi connectivity index (χ2n) is 5.75. The fraction of sp³-hybridized carbons (Fsp3) is 0.158. The molecule has 0 bridgehead atoms. The number of para-hydroxylation sites is 1. The molecular formula is C19H17ClN4O3S. The van der Waals surface area contributed by atoms with E-state index < -0.39 is 5.25 Å². The molecule has 2 N–H and O–H groups in total. The minimum Gasteiger partial charge on any atom is -0.496 e. The van der Waals surface area contributed by atoms with Gasteiger partial charge in [0.25, 0.3) is 0 Å². The van der Waals surface area contributed by atoms with Crippen molar-refractivity contribution in [2.24, 2.45) is 10.2 Å². The summed E-state index contributed by atoms with van der Waals surface area (Å²) in [7, 11) is 1.57. The Morgan fingerprint density at radius 3 is 2.79 bits per heavy atom. The van der Waals surface area contributed by atoms with Gasteiger partial charge in [-0.3, -0.25) is 9.59 Å². The number of carbonyl (C=O) groups is 2. The van der Waals surface area contributed by atoms with E-state index in [1.807, 2.05) is 24.3 Å². The molecular weight excluding hydrogens is 400 g/mol. The third kappa shape index (κ3) is 5.34. The Balaban J connectivity index is 1.57. The number of nitrogens with one attached hydrogen (secondary N) is 2. The van der Waals surface area contributed by atoms with Gasteiger partial charge in [0.2, 0.25) is 11.8 Å². The van der Waals surface area contributed by atoms with Crippen LogP contribution < -0.4 is 15.4 Å². The quantitative estimate of drug-likeness (QED) is 0.558. The molecule has 0 spiro atoms. The normalized spacial score (nSPS) is 17.7. The number of ether oxygens (including phenoxy) is 1. The van der Waals surface area contributed by atoms with Crippen LogP contribution in [0.25, 0.3) is 0 Å². The molecule has 2 aromatic rings. The second-order valence-corrected chi connectivity index (χ2v) is 7.37. The Bertz CT molecular complexity index is 931. The average Bonchev–Trinajstić information content (AvgIpc) is 3.03. The van der Waals surface area contributed by atoms with E-state index in [1.165, 1.54) is 11.8 Å². The van der Waals surface area contributed by atoms with Gasteiger partial charge in [0, 0.05) is 22.7 Å². The summed E-state index contributed by atoms with van der Waals surface area (Å²) in [6.07, 6.45) is 1.56. The largest absolute Gasteiger partial charge is 0.496 e. The fourth-order valence-electron chi connectivity index (χ4n) is 2.42. The molecule has 1 unspecified atom stereocenters. The molecule has 0 aliphatic carbocycles. The van der Waals surface area contributed by atoms with E-state index >= 15 is 0 Å². The maximum Gasteiger partial charge on any atom is 0.240 e. The number of amides is 2. The Kier molecular flexibility index (Phi) is 6.67. The molecule has 0 radical (unpaired) electrons. The first-order valence-corrected chi connectivity index (χ1v) is 9.58. The zero-order valence-electron chi connectivity index (χ0n) is 14.9. The van der Waals surface area contributed by atoms with Crippen molar-refractivity contribution in [2.75, 3.05) is 12.4 Å². The van der Waals surface area contributed by atoms with E-state index in [1.54, 1.807) is 37.6 Å². The van der Waals surface area contributed by atoms with Crippen molar-refractivity contribution in [3.63, 3.8) is 0 Å². The van der Waals surface area contributed by atoms with Crippen LogP contribution >= 0.6 is 23.4 Å². The highest BCUT2D eigenvalue weighted by Gasteiger charge is 2.32. The molecule has 1 aliphatic heterocycles. The van der Waals surface area contributed by atoms with Gasteiger partial charge in [0.05, 0.1) is 13.3 Å². The summed E-state index contributed by atoms with van der Waals surface area (Å²) >= 11 is 6.99. The maximum absolute atomic E-state index is 12.2. The van der Waals surface area contributed by atoms with Crippen LogP contribution in [0.3, 0.4) is 0 Å². The van der Waals surface area contributed by atoms with Crippen LogP contribution in [0.2, 0.25) is 5.02 Å². The molecule has 1 saturated heterocycles. The number of hydrogen-bond acceptors (Lipinski definition) is 6. The van der Waals surface area contributed by atoms with E-state index in [2.05, 4.69) is 20.8 Å². The third-order valence-electron chi connectivity index (χ3n) is 3.76. The molecule has 1 heterocycles. The highest BCUT2D eigenvalue weighted by molar-refractivity contribution is 8.15. The number of nitrogens with zero attached hydrogens (tertiary/aromatic N) is 2. The fourth-order valence-corrected chi connectivity index (χ4v) is 3.47. The number of carbonyl (C=O) groups excluding carboxylic acids is 2. The molecule has 0 saturated carbocycles. The minimum atomic E-state index is -0.562. The predicted octanol–water partition coefficient (Wildman–Crippen LogP) is 3.30. The maximum atomic E-state index is 12.2. The first-order chi connectivity index (χ1) is 13.5. The zero-order valence-corrected chi connectivity index (χ0v) is 16.5. The van der Waals surface area contributed by atoms with Crippen molar-refractivity contribution in [1.29, 1.82) is 0 Å². The highest BCUT2D eigenvalue weighted by Crippen LogP contribution is 2.23. The monoisotopic (exact) mass is 416 g/mol. The SMILES string of the molecule is COc1ccccc1C=N/N=C1\NC(=O)C(CC(=O)Nc2ccc(Cl)cc2)S1. The van der Waals surface area contributed by atoms with Crippen LogP contribution in [-0.2, 0) is 9.59 Å². The van der Waals surface area contributed by atoms with Crippen molar-refractivity contribution >= 4 is 52.2 Å². The van der Waals surface area contributed by atoms with Crippen LogP contribution in [-0.4, -0.2) is 35.6 Å². The van der Waals surface area contributed by atoms with E-state index in [-0.39, 0.29) is 18.2 Å². The van der Waals surface area contributed by atoms with Gasteiger partial charge in [-0.1, -0.05) is 35.5 Å². The molecule has 28 heavy (non-hydrogen) atoms. The summed E-state index contributed by atoms with van der Waals surface area (Å²) in [5, 5.41) is 13.7. The van der Waals surface area contributed by atoms with Crippen molar-refractivity contribution in [3.8, 4) is 5.75 Å². The van der Waals surface area contributed by atoms with Crippen molar-refractivity contribution < 1.29 is 14.3 Å². The molecule has 1 aliphatic rings. The van der Waals surface area contributed by atoms with Gasteiger partial charge in [-0.15, -0.1) is 5.10 Å². The lowest BCUT2D eigenvalue weighted by Gasteiger charge is -2.07. The molecule has 1 fully saturated rings. The highest BCUT2D eigenvalue weighted by atomic mass is 35.5. The van der Waals surface area contributed by atoms with Crippen molar-refractivity contribution in [3.05, 3.63) is 59.1 Å². The van der Waals surface area contributed by atoms with Gasteiger partial charge in [-0.25, -0.2) is 0 Å². The van der Waals surface area contributed by atoms with Gasteiger partial charge in [0.15, 0.2) is 5.17 Å². The molecule has 3 rings (SSSR count). The second kappa shape index (κ2) is 9.38. The lowest BCUT2D eigenvalue weighted by Crippen LogP contribution is -2.28. The summed E-state index contributed by atoms with van der Waals surface area (Å²) in [5.74, 6) is 0.127. The standard InChI is InChI=1S/C19H17ClN4O3S/c1-27-15-5-3-2-4-12(15)11-21-24-19-23-18(26)16(28-19)10-17(25)22-14-8-6-13(20)7-9-14/h2-9,11,16H,10H2,1H3,(H,22,25)(H,23,24,26). The van der Waals surface area contributed by atoms with Crippen LogP contribution in [0.4, 0.5) is 5.69 Å². The molecule has 2 amide bonds.